The fraction of sp³-hybridized carbons (Fsp3) is 0.547. The van der Waals surface area contributed by atoms with Crippen molar-refractivity contribution in [1.29, 1.82) is 0 Å². The summed E-state index contributed by atoms with van der Waals surface area (Å²) in [4.78, 5) is 114. The summed E-state index contributed by atoms with van der Waals surface area (Å²) < 4.78 is 53.2. The molecule has 2 aliphatic rings. The first-order valence-electron chi connectivity index (χ1n) is 54.5. The van der Waals surface area contributed by atoms with Gasteiger partial charge >= 0.3 is 0 Å². The summed E-state index contributed by atoms with van der Waals surface area (Å²) in [5.41, 5.74) is 21.8. The SMILES string of the molecule is CC(C)C(=O)CCC1CCOC1.CC(C)C(=O)CCCCC1CCCCC1.CC(C)C(=O)CCCCc1ccccc1.CC(C)C(=O)CCCOc1ccccc1.CC(C)C(=O)CCCc1ccc(N)cc1.CC(C)C(=O)CCc1cc(F)cc(F)c1.CC(C)C(=O)CCc1ccc(N)cc1.CC(C)C(=O)CCc1ccccc1Br.COc1cc(CCC(=O)C(C)C)cc(OC)c1OC.Cc1ccccc1CCC(=O)C(C)C. The summed E-state index contributed by atoms with van der Waals surface area (Å²) in [5.74, 6) is 7.83. The van der Waals surface area contributed by atoms with Crippen LogP contribution in [0.3, 0.4) is 0 Å². The standard InChI is InChI=1S/C15H22O4.C14H26O.C14H20O.C13H19NO.C13H18O2.C13H18O.C12H15BrO.C12H14F2O.C12H17NO.C10H18O2/c1-10(2)12(16)7-6-11-8-13(17-3)15(19-5)14(9-11)18-4;2*1-12(2)14(15)11-7-6-10-13-8-4-3-5-9-13;1-10(2)13(15)5-3-4-11-6-8-12(14)9-7-11;1-11(2)13(14)9-6-10-15-12-7-4-3-5-8-12;1-10(2)13(14)9-8-12-7-5-4-6-11(12)3;1-9(2)12(14)8-7-10-5-3-4-6-11(10)13;1-8(2)12(15)4-3-9-5-10(13)7-11(14)6-9;1-9(2)12(14)8-5-10-3-6-11(13)7-4-10;1-8(2)10(11)4-3-9-5-6-12-7-9/h8-10H,6-7H2,1-5H3;12-13H,3-11H2,1-2H3;3-5,8-9,12H,6-7,10-11H2,1-2H3;6-10H,3-5,14H2,1-2H3;3-5,7-8,11H,6,9-10H2,1-2H3;4-7,10H,8-9H2,1-3H3;3-6,9H,7-8H2,1-2H3;5-8H,3-4H2,1-2H3;3-4,6-7,9H,5,8,13H2,1-2H3;8-9H,3-7H2,1-2H3. The number of ether oxygens (including phenoxy) is 5. The molecule has 20 heteroatoms. The molecule has 17 nitrogen and oxygen atoms in total. The predicted molar refractivity (Wildman–Crippen MR) is 611 cm³/mol. The zero-order valence-corrected chi connectivity index (χ0v) is 96.4. The van der Waals surface area contributed by atoms with Crippen LogP contribution < -0.4 is 30.4 Å². The zero-order valence-electron chi connectivity index (χ0n) is 94.8. The molecule has 4 N–H and O–H groups in total. The molecule has 1 aliphatic heterocycles. The van der Waals surface area contributed by atoms with Crippen LogP contribution in [0.25, 0.3) is 0 Å². The van der Waals surface area contributed by atoms with Crippen LogP contribution in [0.1, 0.15) is 337 Å². The molecule has 0 radical (unpaired) electrons. The number of ketones is 10. The van der Waals surface area contributed by atoms with E-state index in [0.717, 1.165) is 149 Å². The lowest BCUT2D eigenvalue weighted by Crippen LogP contribution is -2.09. The molecule has 1 atom stereocenters. The average molecular weight is 2110 g/mol. The number of hydrogen-bond donors (Lipinski definition) is 2. The van der Waals surface area contributed by atoms with Crippen molar-refractivity contribution in [2.75, 3.05) is 52.6 Å². The van der Waals surface area contributed by atoms with Crippen LogP contribution in [-0.4, -0.2) is 99.0 Å². The first kappa shape index (κ1) is 136. The van der Waals surface area contributed by atoms with Gasteiger partial charge in [-0.2, -0.15) is 0 Å². The number of benzene rings is 8. The maximum Gasteiger partial charge on any atom is 0.203 e. The highest BCUT2D eigenvalue weighted by Crippen LogP contribution is 2.39. The van der Waals surface area contributed by atoms with Gasteiger partial charge in [-0.1, -0.05) is 315 Å². The van der Waals surface area contributed by atoms with E-state index in [1.54, 1.807) is 21.3 Å². The number of rotatable bonds is 50. The maximum absolute atomic E-state index is 12.8. The number of aryl methyl sites for hydroxylation is 8. The van der Waals surface area contributed by atoms with Crippen LogP contribution in [0.2, 0.25) is 0 Å². The highest BCUT2D eigenvalue weighted by molar-refractivity contribution is 9.10. The molecule has 0 amide bonds. The smallest absolute Gasteiger partial charge is 0.203 e. The number of Topliss-reactive ketones (excluding diaryl/α,β-unsaturated/α-hetero) is 10. The Labute approximate surface area is 899 Å². The Morgan fingerprint density at radius 1 is 0.324 bits per heavy atom. The van der Waals surface area contributed by atoms with Gasteiger partial charge in [-0.05, 0) is 220 Å². The highest BCUT2D eigenvalue weighted by Gasteiger charge is 2.21. The number of nitrogen functional groups attached to an aromatic ring is 2. The molecular formula is C128H187BrF2N2O15. The molecule has 1 heterocycles. The second kappa shape index (κ2) is 80.5. The first-order valence-corrected chi connectivity index (χ1v) is 55.3. The molecule has 10 rings (SSSR count). The van der Waals surface area contributed by atoms with E-state index in [1.165, 1.54) is 90.5 Å². The van der Waals surface area contributed by atoms with Crippen LogP contribution in [0, 0.1) is 89.6 Å². The second-order valence-electron chi connectivity index (χ2n) is 41.9. The van der Waals surface area contributed by atoms with Crippen molar-refractivity contribution in [3.05, 3.63) is 249 Å². The Morgan fingerprint density at radius 2 is 0.669 bits per heavy atom. The Bertz CT molecular complexity index is 4840. The number of hydrogen-bond acceptors (Lipinski definition) is 17. The molecule has 8 aromatic carbocycles. The number of halogens is 3. The Hall–Kier alpha value is -10.4. The van der Waals surface area contributed by atoms with Crippen LogP contribution >= 0.6 is 15.9 Å². The molecule has 2 fully saturated rings. The van der Waals surface area contributed by atoms with Crippen molar-refractivity contribution in [2.45, 2.75) is 344 Å². The van der Waals surface area contributed by atoms with Crippen molar-refractivity contribution in [2.24, 2.45) is 71.0 Å². The maximum atomic E-state index is 12.8. The van der Waals surface area contributed by atoms with Gasteiger partial charge in [0, 0.05) is 159 Å². The average Bonchev–Trinajstić information content (AvgIpc) is 0.913. The van der Waals surface area contributed by atoms with E-state index in [4.69, 9.17) is 35.2 Å². The minimum atomic E-state index is -0.595. The third-order valence-corrected chi connectivity index (χ3v) is 26.6. The Balaban J connectivity index is 0.000000824. The number of unbranched alkanes of at least 4 members (excludes halogenated alkanes) is 2. The van der Waals surface area contributed by atoms with E-state index in [9.17, 15) is 56.7 Å². The van der Waals surface area contributed by atoms with Crippen LogP contribution in [0.15, 0.2) is 193 Å². The fourth-order valence-electron chi connectivity index (χ4n) is 15.3. The van der Waals surface area contributed by atoms with Gasteiger partial charge in [-0.25, -0.2) is 8.78 Å². The van der Waals surface area contributed by atoms with Gasteiger partial charge < -0.3 is 35.2 Å². The first-order chi connectivity index (χ1) is 70.2. The minimum Gasteiger partial charge on any atom is -0.494 e. The van der Waals surface area contributed by atoms with E-state index in [1.807, 2.05) is 266 Å². The highest BCUT2D eigenvalue weighted by atomic mass is 79.9. The van der Waals surface area contributed by atoms with Crippen molar-refractivity contribution in [3.63, 3.8) is 0 Å². The normalized spacial score (nSPS) is 12.4. The number of para-hydroxylation sites is 1. The summed E-state index contributed by atoms with van der Waals surface area (Å²) in [5, 5.41) is 0. The van der Waals surface area contributed by atoms with Crippen LogP contribution in [0.5, 0.6) is 23.0 Å². The third kappa shape index (κ3) is 65.5. The van der Waals surface area contributed by atoms with E-state index in [-0.39, 0.29) is 70.7 Å². The van der Waals surface area contributed by atoms with Gasteiger partial charge in [0.1, 0.15) is 75.2 Å². The Morgan fingerprint density at radius 3 is 1.08 bits per heavy atom. The lowest BCUT2D eigenvalue weighted by Gasteiger charge is -2.21. The van der Waals surface area contributed by atoms with Gasteiger partial charge in [0.15, 0.2) is 11.5 Å². The number of anilines is 2. The van der Waals surface area contributed by atoms with Crippen molar-refractivity contribution in [3.8, 4) is 23.0 Å². The van der Waals surface area contributed by atoms with Crippen LogP contribution in [0.4, 0.5) is 20.2 Å². The quantitative estimate of drug-likeness (QED) is 0.0265. The van der Waals surface area contributed by atoms with E-state index >= 15 is 0 Å². The number of carbonyl (C=O) groups is 10. The van der Waals surface area contributed by atoms with E-state index < -0.39 is 11.6 Å². The van der Waals surface area contributed by atoms with Crippen molar-refractivity contribution >= 4 is 85.1 Å². The van der Waals surface area contributed by atoms with Crippen molar-refractivity contribution < 1.29 is 80.4 Å². The van der Waals surface area contributed by atoms with Gasteiger partial charge in [-0.3, -0.25) is 47.9 Å². The second-order valence-corrected chi connectivity index (χ2v) is 42.7. The number of carbonyl (C=O) groups excluding carboxylic acids is 10. The molecule has 0 spiro atoms. The van der Waals surface area contributed by atoms with Gasteiger partial charge in [-0.15, -0.1) is 0 Å². The molecule has 0 bridgehead atoms. The summed E-state index contributed by atoms with van der Waals surface area (Å²) >= 11 is 3.47. The molecule has 1 unspecified atom stereocenters. The Kier molecular flexibility index (Phi) is 73.7. The fourth-order valence-corrected chi connectivity index (χ4v) is 15.7. The van der Waals surface area contributed by atoms with Gasteiger partial charge in [0.05, 0.1) is 27.9 Å². The van der Waals surface area contributed by atoms with Crippen LogP contribution in [-0.2, 0) is 97.6 Å². The molecule has 1 aliphatic carbocycles. The molecule has 1 saturated carbocycles. The number of nitrogens with two attached hydrogens (primary N) is 2. The van der Waals surface area contributed by atoms with Crippen molar-refractivity contribution in [1.82, 2.24) is 0 Å². The molecule has 148 heavy (non-hydrogen) atoms. The topological polar surface area (TPSA) is 269 Å². The molecule has 1 saturated heterocycles. The molecular weight excluding hydrogens is 1920 g/mol. The lowest BCUT2D eigenvalue weighted by molar-refractivity contribution is -0.122. The molecule has 820 valence electrons. The molecule has 0 aromatic heterocycles. The third-order valence-electron chi connectivity index (χ3n) is 25.8. The predicted octanol–water partition coefficient (Wildman–Crippen LogP) is 31.1. The summed E-state index contributed by atoms with van der Waals surface area (Å²) in [6.07, 6.45) is 29.0. The van der Waals surface area contributed by atoms with Gasteiger partial charge in [0.2, 0.25) is 5.75 Å². The molecule has 8 aromatic rings. The van der Waals surface area contributed by atoms with E-state index in [0.29, 0.717) is 139 Å². The van der Waals surface area contributed by atoms with Gasteiger partial charge in [0.25, 0.3) is 0 Å². The lowest BCUT2D eigenvalue weighted by atomic mass is 9.85. The minimum absolute atomic E-state index is 0.0246. The monoisotopic (exact) mass is 2110 g/mol. The summed E-state index contributed by atoms with van der Waals surface area (Å²) in [7, 11) is 4.74. The summed E-state index contributed by atoms with van der Waals surface area (Å²) in [6, 6.07) is 59.1. The zero-order chi connectivity index (χ0) is 111. The number of methoxy groups -OCH3 is 3. The largest absolute Gasteiger partial charge is 0.494 e. The van der Waals surface area contributed by atoms with E-state index in [2.05, 4.69) is 65.3 Å². The summed E-state index contributed by atoms with van der Waals surface area (Å²) in [6.45, 7) is 43.2.